The van der Waals surface area contributed by atoms with Gasteiger partial charge in [-0.15, -0.1) is 0 Å². The first-order valence-corrected chi connectivity index (χ1v) is 9.99. The van der Waals surface area contributed by atoms with Gasteiger partial charge in [0.1, 0.15) is 5.25 Å². The smallest absolute Gasteiger partial charge is 0.243 e. The van der Waals surface area contributed by atoms with Gasteiger partial charge in [0.05, 0.1) is 5.25 Å². The molecular formula is C16H27N3O3S. The lowest BCUT2D eigenvalue weighted by Crippen LogP contribution is -2.36. The van der Waals surface area contributed by atoms with Crippen LogP contribution in [0.5, 0.6) is 0 Å². The molecule has 7 heteroatoms. The third kappa shape index (κ3) is 4.56. The first-order chi connectivity index (χ1) is 10.8. The molecule has 0 aliphatic heterocycles. The molecule has 0 spiro atoms. The van der Waals surface area contributed by atoms with Crippen molar-refractivity contribution in [3.05, 3.63) is 11.8 Å². The average molecular weight is 341 g/mol. The van der Waals surface area contributed by atoms with Crippen LogP contribution in [0.4, 0.5) is 5.82 Å². The molecule has 1 fully saturated rings. The number of sulfone groups is 1. The highest BCUT2D eigenvalue weighted by molar-refractivity contribution is 7.93. The molecule has 23 heavy (non-hydrogen) atoms. The second kappa shape index (κ2) is 7.47. The van der Waals surface area contributed by atoms with Crippen LogP contribution in [0.15, 0.2) is 6.07 Å². The molecule has 1 aromatic heterocycles. The van der Waals surface area contributed by atoms with Gasteiger partial charge in [-0.25, -0.2) is 8.42 Å². The number of nitrogens with one attached hydrogen (secondary N) is 2. The SMILES string of the molecule is CC(C)S(=O)(=O)C(C)C(=O)Nc1cc(CC2CCCCC2)[nH]n1. The van der Waals surface area contributed by atoms with Crippen LogP contribution >= 0.6 is 0 Å². The predicted molar refractivity (Wildman–Crippen MR) is 91.0 cm³/mol. The van der Waals surface area contributed by atoms with Crippen LogP contribution in [0.1, 0.15) is 58.6 Å². The van der Waals surface area contributed by atoms with E-state index >= 15 is 0 Å². The Bertz CT molecular complexity index is 631. The summed E-state index contributed by atoms with van der Waals surface area (Å²) in [5, 5.41) is 7.96. The van der Waals surface area contributed by atoms with Gasteiger partial charge >= 0.3 is 0 Å². The van der Waals surface area contributed by atoms with Gasteiger partial charge in [-0.1, -0.05) is 32.1 Å². The molecule has 0 aromatic carbocycles. The minimum absolute atomic E-state index is 0.395. The van der Waals surface area contributed by atoms with E-state index in [4.69, 9.17) is 0 Å². The molecular weight excluding hydrogens is 314 g/mol. The molecule has 6 nitrogen and oxygen atoms in total. The van der Waals surface area contributed by atoms with E-state index in [1.807, 2.05) is 0 Å². The van der Waals surface area contributed by atoms with E-state index in [1.54, 1.807) is 19.9 Å². The number of aromatic nitrogens is 2. The minimum atomic E-state index is -3.46. The number of hydrogen-bond donors (Lipinski definition) is 2. The predicted octanol–water partition coefficient (Wildman–Crippen LogP) is 2.68. The molecule has 1 aromatic rings. The van der Waals surface area contributed by atoms with E-state index in [0.717, 1.165) is 12.1 Å². The van der Waals surface area contributed by atoms with E-state index in [1.165, 1.54) is 39.0 Å². The van der Waals surface area contributed by atoms with Gasteiger partial charge in [0.15, 0.2) is 15.7 Å². The summed E-state index contributed by atoms with van der Waals surface area (Å²) in [7, 11) is -3.46. The Hall–Kier alpha value is -1.37. The fraction of sp³-hybridized carbons (Fsp3) is 0.750. The second-order valence-electron chi connectivity index (χ2n) is 6.76. The minimum Gasteiger partial charge on any atom is -0.308 e. The lowest BCUT2D eigenvalue weighted by molar-refractivity contribution is -0.115. The Morgan fingerprint density at radius 2 is 1.96 bits per heavy atom. The quantitative estimate of drug-likeness (QED) is 0.832. The maximum atomic E-state index is 12.1. The van der Waals surface area contributed by atoms with Crippen LogP contribution in [-0.2, 0) is 21.1 Å². The third-order valence-corrected chi connectivity index (χ3v) is 7.15. The van der Waals surface area contributed by atoms with Crippen LogP contribution in [0.3, 0.4) is 0 Å². The van der Waals surface area contributed by atoms with E-state index in [9.17, 15) is 13.2 Å². The molecule has 0 radical (unpaired) electrons. The fourth-order valence-electron chi connectivity index (χ4n) is 3.02. The van der Waals surface area contributed by atoms with Gasteiger partial charge in [-0.05, 0) is 33.1 Å². The summed E-state index contributed by atoms with van der Waals surface area (Å²) in [6.07, 6.45) is 7.31. The summed E-state index contributed by atoms with van der Waals surface area (Å²) in [4.78, 5) is 12.1. The molecule has 130 valence electrons. The second-order valence-corrected chi connectivity index (χ2v) is 9.58. The number of H-pyrrole nitrogens is 1. The highest BCUT2D eigenvalue weighted by Crippen LogP contribution is 2.26. The molecule has 1 heterocycles. The molecule has 1 saturated carbocycles. The van der Waals surface area contributed by atoms with Crippen molar-refractivity contribution in [3.63, 3.8) is 0 Å². The number of nitrogens with zero attached hydrogens (tertiary/aromatic N) is 1. The molecule has 1 aliphatic carbocycles. The Morgan fingerprint density at radius 1 is 1.30 bits per heavy atom. The van der Waals surface area contributed by atoms with Crippen molar-refractivity contribution < 1.29 is 13.2 Å². The Kier molecular flexibility index (Phi) is 5.84. The molecule has 1 unspecified atom stereocenters. The topological polar surface area (TPSA) is 91.9 Å². The van der Waals surface area contributed by atoms with Crippen LogP contribution in [-0.4, -0.2) is 35.0 Å². The zero-order valence-electron chi connectivity index (χ0n) is 14.1. The normalized spacial score (nSPS) is 18.1. The highest BCUT2D eigenvalue weighted by Gasteiger charge is 2.31. The van der Waals surface area contributed by atoms with E-state index in [-0.39, 0.29) is 0 Å². The average Bonchev–Trinajstić information content (AvgIpc) is 2.94. The van der Waals surface area contributed by atoms with Crippen molar-refractivity contribution in [2.75, 3.05) is 5.32 Å². The van der Waals surface area contributed by atoms with Crippen LogP contribution in [0.25, 0.3) is 0 Å². The van der Waals surface area contributed by atoms with Gasteiger partial charge in [0, 0.05) is 11.8 Å². The van der Waals surface area contributed by atoms with Crippen molar-refractivity contribution in [1.82, 2.24) is 10.2 Å². The first kappa shape index (κ1) is 18.0. The monoisotopic (exact) mass is 341 g/mol. The molecule has 1 atom stereocenters. The number of amides is 1. The molecule has 1 amide bonds. The van der Waals surface area contributed by atoms with Crippen molar-refractivity contribution in [2.45, 2.75) is 69.8 Å². The zero-order chi connectivity index (χ0) is 17.0. The molecule has 2 rings (SSSR count). The highest BCUT2D eigenvalue weighted by atomic mass is 32.2. The molecule has 0 bridgehead atoms. The summed E-state index contributed by atoms with van der Waals surface area (Å²) in [5.41, 5.74) is 0.992. The first-order valence-electron chi connectivity index (χ1n) is 8.38. The molecule has 1 aliphatic rings. The van der Waals surface area contributed by atoms with E-state index < -0.39 is 26.2 Å². The fourth-order valence-corrected chi connectivity index (χ4v) is 4.19. The van der Waals surface area contributed by atoms with Crippen LogP contribution in [0, 0.1) is 5.92 Å². The van der Waals surface area contributed by atoms with Crippen molar-refractivity contribution in [1.29, 1.82) is 0 Å². The Balaban J connectivity index is 1.94. The maximum Gasteiger partial charge on any atom is 0.243 e. The molecule has 0 saturated heterocycles. The Morgan fingerprint density at radius 3 is 2.57 bits per heavy atom. The number of carbonyl (C=O) groups excluding carboxylic acids is 1. The van der Waals surface area contributed by atoms with Gasteiger partial charge in [-0.3, -0.25) is 9.89 Å². The molecule has 2 N–H and O–H groups in total. The summed E-state index contributed by atoms with van der Waals surface area (Å²) < 4.78 is 24.1. The lowest BCUT2D eigenvalue weighted by atomic mass is 9.86. The summed E-state index contributed by atoms with van der Waals surface area (Å²) in [6.45, 7) is 4.58. The number of carbonyl (C=O) groups is 1. The number of aromatic amines is 1. The Labute approximate surface area is 138 Å². The third-order valence-electron chi connectivity index (χ3n) is 4.63. The standard InChI is InChI=1S/C16H27N3O3S/c1-11(2)23(21,22)12(3)16(20)17-15-10-14(18-19-15)9-13-7-5-4-6-8-13/h10-13H,4-9H2,1-3H3,(H2,17,18,19,20). The van der Waals surface area contributed by atoms with Crippen molar-refractivity contribution in [3.8, 4) is 0 Å². The van der Waals surface area contributed by atoms with E-state index in [0.29, 0.717) is 11.7 Å². The largest absolute Gasteiger partial charge is 0.308 e. The lowest BCUT2D eigenvalue weighted by Gasteiger charge is -2.20. The number of anilines is 1. The number of hydrogen-bond acceptors (Lipinski definition) is 4. The zero-order valence-corrected chi connectivity index (χ0v) is 14.9. The van der Waals surface area contributed by atoms with Gasteiger partial charge in [0.25, 0.3) is 0 Å². The van der Waals surface area contributed by atoms with Crippen LogP contribution < -0.4 is 5.32 Å². The van der Waals surface area contributed by atoms with Gasteiger partial charge in [0.2, 0.25) is 5.91 Å². The summed E-state index contributed by atoms with van der Waals surface area (Å²) in [5.74, 6) is 0.536. The number of rotatable bonds is 6. The van der Waals surface area contributed by atoms with Gasteiger partial charge < -0.3 is 5.32 Å². The van der Waals surface area contributed by atoms with Gasteiger partial charge in [-0.2, -0.15) is 5.10 Å². The summed E-state index contributed by atoms with van der Waals surface area (Å²) in [6, 6.07) is 1.81. The van der Waals surface area contributed by atoms with Crippen molar-refractivity contribution in [2.24, 2.45) is 5.92 Å². The maximum absolute atomic E-state index is 12.1. The van der Waals surface area contributed by atoms with E-state index in [2.05, 4.69) is 15.5 Å². The summed E-state index contributed by atoms with van der Waals surface area (Å²) >= 11 is 0. The van der Waals surface area contributed by atoms with Crippen molar-refractivity contribution >= 4 is 21.6 Å². The van der Waals surface area contributed by atoms with Crippen LogP contribution in [0.2, 0.25) is 0 Å².